The van der Waals surface area contributed by atoms with E-state index in [4.69, 9.17) is 10.8 Å². The maximum absolute atomic E-state index is 11.1. The molecule has 21 heavy (non-hydrogen) atoms. The van der Waals surface area contributed by atoms with E-state index in [0.29, 0.717) is 11.4 Å². The van der Waals surface area contributed by atoms with Crippen molar-refractivity contribution in [3.63, 3.8) is 0 Å². The van der Waals surface area contributed by atoms with E-state index in [0.717, 1.165) is 5.69 Å². The molecule has 0 unspecified atom stereocenters. The van der Waals surface area contributed by atoms with Crippen molar-refractivity contribution in [2.75, 3.05) is 0 Å². The Morgan fingerprint density at radius 3 is 2.57 bits per heavy atom. The number of aromatic hydroxyl groups is 1. The lowest BCUT2D eigenvalue weighted by atomic mass is 9.90. The largest absolute Gasteiger partial charge is 0.507 e. The van der Waals surface area contributed by atoms with Crippen molar-refractivity contribution >= 4 is 5.97 Å². The highest BCUT2D eigenvalue weighted by Crippen LogP contribution is 2.28. The van der Waals surface area contributed by atoms with Crippen LogP contribution >= 0.6 is 0 Å². The molecule has 2 rings (SSSR count). The van der Waals surface area contributed by atoms with E-state index in [2.05, 4.69) is 10.3 Å². The average Bonchev–Trinajstić information content (AvgIpc) is 2.82. The molecule has 0 bridgehead atoms. The maximum atomic E-state index is 11.1. The van der Waals surface area contributed by atoms with E-state index < -0.39 is 5.97 Å². The first kappa shape index (κ1) is 15.0. The van der Waals surface area contributed by atoms with Gasteiger partial charge in [-0.05, 0) is 18.2 Å². The number of benzene rings is 1. The number of nitrogens with two attached hydrogens (primary N) is 1. The van der Waals surface area contributed by atoms with E-state index in [1.54, 1.807) is 10.7 Å². The van der Waals surface area contributed by atoms with Gasteiger partial charge in [-0.2, -0.15) is 0 Å². The molecule has 0 fully saturated rings. The third kappa shape index (κ3) is 2.73. The number of aromatic nitrogens is 3. The molecule has 4 N–H and O–H groups in total. The van der Waals surface area contributed by atoms with Gasteiger partial charge in [-0.25, -0.2) is 9.48 Å². The first-order valence-corrected chi connectivity index (χ1v) is 6.47. The smallest absolute Gasteiger partial charge is 0.339 e. The Morgan fingerprint density at radius 1 is 1.38 bits per heavy atom. The number of hydrogen-bond donors (Lipinski definition) is 3. The molecule has 7 nitrogen and oxygen atoms in total. The van der Waals surface area contributed by atoms with Crippen molar-refractivity contribution in [3.8, 4) is 11.4 Å². The Labute approximate surface area is 122 Å². The number of carboxylic acid groups (broad SMARTS) is 1. The highest BCUT2D eigenvalue weighted by molar-refractivity contribution is 5.91. The summed E-state index contributed by atoms with van der Waals surface area (Å²) in [5, 5.41) is 26.8. The summed E-state index contributed by atoms with van der Waals surface area (Å²) in [6.07, 6.45) is 0. The number of hydrogen-bond acceptors (Lipinski definition) is 5. The average molecular weight is 290 g/mol. The molecule has 7 heteroatoms. The van der Waals surface area contributed by atoms with Gasteiger partial charge in [0.05, 0.1) is 11.4 Å². The fourth-order valence-electron chi connectivity index (χ4n) is 2.21. The predicted octanol–water partition coefficient (Wildman–Crippen LogP) is 1.43. The van der Waals surface area contributed by atoms with Gasteiger partial charge in [0.1, 0.15) is 17.0 Å². The van der Waals surface area contributed by atoms with Gasteiger partial charge in [-0.1, -0.05) is 26.0 Å². The second-order valence-electron chi connectivity index (χ2n) is 5.76. The molecule has 0 aliphatic heterocycles. The minimum absolute atomic E-state index is 0.183. The van der Waals surface area contributed by atoms with Gasteiger partial charge in [0.25, 0.3) is 0 Å². The topological polar surface area (TPSA) is 114 Å². The van der Waals surface area contributed by atoms with Crippen LogP contribution in [0, 0.1) is 0 Å². The van der Waals surface area contributed by atoms with Crippen LogP contribution in [-0.2, 0) is 12.0 Å². The molecule has 0 spiro atoms. The number of aromatic carboxylic acids is 1. The quantitative estimate of drug-likeness (QED) is 0.787. The minimum atomic E-state index is -1.20. The molecule has 0 atom stereocenters. The molecule has 0 aliphatic rings. The molecule has 1 aromatic heterocycles. The number of nitrogens with zero attached hydrogens (tertiary/aromatic N) is 3. The molecule has 2 aromatic rings. The zero-order valence-electron chi connectivity index (χ0n) is 12.2. The van der Waals surface area contributed by atoms with Crippen LogP contribution in [0.25, 0.3) is 5.69 Å². The molecule has 1 aromatic carbocycles. The van der Waals surface area contributed by atoms with Crippen molar-refractivity contribution in [2.45, 2.75) is 32.7 Å². The van der Waals surface area contributed by atoms with Crippen LogP contribution in [0.3, 0.4) is 0 Å². The Balaban J connectivity index is 2.66. The van der Waals surface area contributed by atoms with Crippen LogP contribution in [0.4, 0.5) is 0 Å². The van der Waals surface area contributed by atoms with Gasteiger partial charge in [-0.3, -0.25) is 0 Å². The number of carbonyl (C=O) groups is 1. The highest BCUT2D eigenvalue weighted by Gasteiger charge is 2.26. The summed E-state index contributed by atoms with van der Waals surface area (Å²) in [4.78, 5) is 11.1. The lowest BCUT2D eigenvalue weighted by molar-refractivity contribution is 0.0693. The maximum Gasteiger partial charge on any atom is 0.339 e. The van der Waals surface area contributed by atoms with Crippen molar-refractivity contribution in [2.24, 2.45) is 5.73 Å². The first-order valence-electron chi connectivity index (χ1n) is 6.47. The Kier molecular flexibility index (Phi) is 3.69. The fourth-order valence-corrected chi connectivity index (χ4v) is 2.21. The first-order chi connectivity index (χ1) is 9.75. The van der Waals surface area contributed by atoms with E-state index in [1.807, 2.05) is 20.8 Å². The van der Waals surface area contributed by atoms with Crippen LogP contribution in [0.15, 0.2) is 18.2 Å². The summed E-state index contributed by atoms with van der Waals surface area (Å²) in [5.74, 6) is -1.49. The molecular formula is C14H18N4O3. The molecule has 0 saturated carbocycles. The van der Waals surface area contributed by atoms with Crippen LogP contribution in [0.1, 0.15) is 42.5 Å². The minimum Gasteiger partial charge on any atom is -0.507 e. The Hall–Kier alpha value is -2.41. The summed E-state index contributed by atoms with van der Waals surface area (Å²) < 4.78 is 1.56. The number of carboxylic acids is 1. The summed E-state index contributed by atoms with van der Waals surface area (Å²) in [5.41, 5.74) is 7.23. The molecule has 112 valence electrons. The van der Waals surface area contributed by atoms with Gasteiger partial charge in [-0.15, -0.1) is 5.10 Å². The Bertz CT molecular complexity index is 686. The summed E-state index contributed by atoms with van der Waals surface area (Å²) >= 11 is 0. The summed E-state index contributed by atoms with van der Waals surface area (Å²) in [6, 6.07) is 4.28. The van der Waals surface area contributed by atoms with Gasteiger partial charge in [0.15, 0.2) is 0 Å². The van der Waals surface area contributed by atoms with E-state index >= 15 is 0 Å². The van der Waals surface area contributed by atoms with Crippen LogP contribution in [0.5, 0.6) is 5.75 Å². The molecular weight excluding hydrogens is 272 g/mol. The van der Waals surface area contributed by atoms with Crippen LogP contribution in [-0.4, -0.2) is 31.2 Å². The second-order valence-corrected chi connectivity index (χ2v) is 5.76. The lowest BCUT2D eigenvalue weighted by Gasteiger charge is -2.21. The summed E-state index contributed by atoms with van der Waals surface area (Å²) in [7, 11) is 0. The van der Waals surface area contributed by atoms with Gasteiger partial charge >= 0.3 is 5.97 Å². The Morgan fingerprint density at radius 2 is 2.05 bits per heavy atom. The zero-order chi connectivity index (χ0) is 15.8. The van der Waals surface area contributed by atoms with E-state index in [1.165, 1.54) is 12.1 Å². The number of phenols is 1. The van der Waals surface area contributed by atoms with Crippen molar-refractivity contribution in [1.82, 2.24) is 15.0 Å². The second kappa shape index (κ2) is 5.17. The SMILES string of the molecule is CC(C)(C)c1c(CN)nnn1-c1ccc(O)c(C(=O)O)c1. The van der Waals surface area contributed by atoms with Gasteiger partial charge in [0, 0.05) is 12.0 Å². The zero-order valence-corrected chi connectivity index (χ0v) is 12.2. The highest BCUT2D eigenvalue weighted by atomic mass is 16.4. The van der Waals surface area contributed by atoms with Gasteiger partial charge in [0.2, 0.25) is 0 Å². The molecule has 0 amide bonds. The van der Waals surface area contributed by atoms with Crippen LogP contribution in [0.2, 0.25) is 0 Å². The molecule has 0 radical (unpaired) electrons. The summed E-state index contributed by atoms with van der Waals surface area (Å²) in [6.45, 7) is 6.25. The normalized spacial score (nSPS) is 11.6. The molecule has 0 saturated heterocycles. The third-order valence-corrected chi connectivity index (χ3v) is 3.10. The monoisotopic (exact) mass is 290 g/mol. The lowest BCUT2D eigenvalue weighted by Crippen LogP contribution is -2.20. The van der Waals surface area contributed by atoms with Crippen molar-refractivity contribution < 1.29 is 15.0 Å². The van der Waals surface area contributed by atoms with Gasteiger partial charge < -0.3 is 15.9 Å². The third-order valence-electron chi connectivity index (χ3n) is 3.10. The van der Waals surface area contributed by atoms with Crippen molar-refractivity contribution in [3.05, 3.63) is 35.2 Å². The fraction of sp³-hybridized carbons (Fsp3) is 0.357. The van der Waals surface area contributed by atoms with E-state index in [-0.39, 0.29) is 23.3 Å². The molecule has 1 heterocycles. The van der Waals surface area contributed by atoms with Crippen molar-refractivity contribution in [1.29, 1.82) is 0 Å². The molecule has 0 aliphatic carbocycles. The number of rotatable bonds is 3. The standard InChI is InChI=1S/C14H18N4O3/c1-14(2,3)12-10(7-15)16-17-18(12)8-4-5-11(19)9(6-8)13(20)21/h4-6,19H,7,15H2,1-3H3,(H,20,21). The van der Waals surface area contributed by atoms with E-state index in [9.17, 15) is 9.90 Å². The predicted molar refractivity (Wildman–Crippen MR) is 76.6 cm³/mol. The van der Waals surface area contributed by atoms with Crippen LogP contribution < -0.4 is 5.73 Å².